The number of ether oxygens (including phenoxy) is 6. The number of rotatable bonds is 30. The van der Waals surface area contributed by atoms with Gasteiger partial charge in [0, 0.05) is 47.6 Å². The van der Waals surface area contributed by atoms with E-state index in [9.17, 15) is 23.8 Å². The molecule has 51 heavy (non-hydrogen) atoms. The van der Waals surface area contributed by atoms with Gasteiger partial charge in [0.05, 0.1) is 77.1 Å². The number of methoxy groups -OCH3 is 3. The summed E-state index contributed by atoms with van der Waals surface area (Å²) in [5.41, 5.74) is 0.674. The van der Waals surface area contributed by atoms with Crippen molar-refractivity contribution in [1.29, 1.82) is 0 Å². The third-order valence-corrected chi connectivity index (χ3v) is 9.47. The average molecular weight is 749 g/mol. The number of unbranched alkanes of at least 4 members (excludes halogenated alkanes) is 1. The average Bonchev–Trinajstić information content (AvgIpc) is 3.07. The largest absolute Gasteiger partial charge is 0.424 e. The summed E-state index contributed by atoms with van der Waals surface area (Å²) in [5, 5.41) is 7.53. The molecule has 1 aromatic rings. The van der Waals surface area contributed by atoms with Crippen LogP contribution in [0.4, 0.5) is 0 Å². The van der Waals surface area contributed by atoms with E-state index in [0.717, 1.165) is 6.42 Å². The van der Waals surface area contributed by atoms with Crippen molar-refractivity contribution in [3.63, 3.8) is 0 Å². The maximum atomic E-state index is 13.7. The lowest BCUT2D eigenvalue weighted by molar-refractivity contribution is -0.131. The fourth-order valence-corrected chi connectivity index (χ4v) is 4.93. The summed E-state index contributed by atoms with van der Waals surface area (Å²) < 4.78 is 49.4. The zero-order chi connectivity index (χ0) is 38.0. The monoisotopic (exact) mass is 748 g/mol. The first-order valence-electron chi connectivity index (χ1n) is 17.2. The molecule has 3 amide bonds. The van der Waals surface area contributed by atoms with Crippen molar-refractivity contribution < 1.29 is 56.8 Å². The number of nitrogens with one attached hydrogen (secondary N) is 3. The van der Waals surface area contributed by atoms with Crippen LogP contribution in [0.5, 0.6) is 5.75 Å². The molecule has 2 unspecified atom stereocenters. The first-order chi connectivity index (χ1) is 24.3. The van der Waals surface area contributed by atoms with Crippen LogP contribution in [-0.2, 0) is 53.8 Å². The predicted octanol–water partition coefficient (Wildman–Crippen LogP) is 1.38. The lowest BCUT2D eigenvalue weighted by atomic mass is 10.0. The minimum Gasteiger partial charge on any atom is -0.424 e. The SMILES string of the molecule is COCCOCCCCNC(=O)CN(CC(=O)NCCOCCOC)C(Cc1ccc(OP(=O)(O)C(C)(C)C)cc1)C(=O)NCCOCCOC. The minimum atomic E-state index is -3.97. The predicted molar refractivity (Wildman–Crippen MR) is 192 cm³/mol. The highest BCUT2D eigenvalue weighted by Gasteiger charge is 2.37. The maximum absolute atomic E-state index is 13.7. The van der Waals surface area contributed by atoms with E-state index in [1.165, 1.54) is 4.90 Å². The zero-order valence-electron chi connectivity index (χ0n) is 31.2. The maximum Gasteiger partial charge on any atom is 0.381 e. The molecule has 0 radical (unpaired) electrons. The Labute approximate surface area is 303 Å². The molecule has 0 heterocycles. The van der Waals surface area contributed by atoms with Crippen LogP contribution < -0.4 is 20.5 Å². The van der Waals surface area contributed by atoms with Gasteiger partial charge in [-0.1, -0.05) is 12.1 Å². The Bertz CT molecular complexity index is 1150. The zero-order valence-corrected chi connectivity index (χ0v) is 32.1. The van der Waals surface area contributed by atoms with Crippen LogP contribution in [0.25, 0.3) is 0 Å². The summed E-state index contributed by atoms with van der Waals surface area (Å²) >= 11 is 0. The molecular weight excluding hydrogens is 687 g/mol. The van der Waals surface area contributed by atoms with E-state index in [1.807, 2.05) is 0 Å². The smallest absolute Gasteiger partial charge is 0.381 e. The highest BCUT2D eigenvalue weighted by molar-refractivity contribution is 7.54. The Balaban J connectivity index is 3.14. The van der Waals surface area contributed by atoms with E-state index in [0.29, 0.717) is 64.8 Å². The normalized spacial score (nSPS) is 13.4. The molecule has 0 bridgehead atoms. The third-order valence-electron chi connectivity index (χ3n) is 7.31. The number of amides is 3. The van der Waals surface area contributed by atoms with Crippen LogP contribution in [0.15, 0.2) is 24.3 Å². The molecule has 0 saturated carbocycles. The van der Waals surface area contributed by atoms with Crippen LogP contribution in [-0.4, -0.2) is 152 Å². The van der Waals surface area contributed by atoms with Gasteiger partial charge in [-0.05, 0) is 57.7 Å². The molecule has 1 rings (SSSR count). The molecule has 0 spiro atoms. The van der Waals surface area contributed by atoms with Crippen molar-refractivity contribution in [2.24, 2.45) is 0 Å². The number of carbonyl (C=O) groups is 3. The fourth-order valence-electron chi connectivity index (χ4n) is 4.25. The third kappa shape index (κ3) is 21.5. The van der Waals surface area contributed by atoms with Crippen molar-refractivity contribution >= 4 is 25.3 Å². The van der Waals surface area contributed by atoms with E-state index in [1.54, 1.807) is 66.4 Å². The second-order valence-corrected chi connectivity index (χ2v) is 15.1. The van der Waals surface area contributed by atoms with Gasteiger partial charge in [0.2, 0.25) is 17.7 Å². The van der Waals surface area contributed by atoms with E-state index in [2.05, 4.69) is 16.0 Å². The molecule has 17 heteroatoms. The molecule has 0 aliphatic carbocycles. The molecule has 0 aliphatic heterocycles. The van der Waals surface area contributed by atoms with Crippen molar-refractivity contribution in [2.45, 2.75) is 51.2 Å². The van der Waals surface area contributed by atoms with Gasteiger partial charge < -0.3 is 53.8 Å². The molecule has 0 fully saturated rings. The Morgan fingerprint density at radius 1 is 0.706 bits per heavy atom. The van der Waals surface area contributed by atoms with E-state index in [4.69, 9.17) is 32.9 Å². The van der Waals surface area contributed by atoms with Crippen molar-refractivity contribution in [2.75, 3.05) is 114 Å². The summed E-state index contributed by atoms with van der Waals surface area (Å²) in [4.78, 5) is 51.9. The summed E-state index contributed by atoms with van der Waals surface area (Å²) in [6.45, 7) is 8.81. The highest BCUT2D eigenvalue weighted by atomic mass is 31.2. The van der Waals surface area contributed by atoms with E-state index < -0.39 is 30.6 Å². The summed E-state index contributed by atoms with van der Waals surface area (Å²) in [6, 6.07) is 5.51. The number of benzene rings is 1. The molecule has 1 aromatic carbocycles. The number of hydrogen-bond donors (Lipinski definition) is 4. The summed E-state index contributed by atoms with van der Waals surface area (Å²) in [5.74, 6) is -0.955. The summed E-state index contributed by atoms with van der Waals surface area (Å²) in [6.07, 6.45) is 1.53. The molecule has 2 atom stereocenters. The Kier molecular flexibility index (Phi) is 24.6. The lowest BCUT2D eigenvalue weighted by Gasteiger charge is -2.30. The highest BCUT2D eigenvalue weighted by Crippen LogP contribution is 2.54. The number of nitrogens with zero attached hydrogens (tertiary/aromatic N) is 1. The van der Waals surface area contributed by atoms with Crippen LogP contribution in [0.1, 0.15) is 39.2 Å². The molecular formula is C34H61N4O12P. The fraction of sp³-hybridized carbons (Fsp3) is 0.735. The minimum absolute atomic E-state index is 0.117. The Morgan fingerprint density at radius 3 is 1.71 bits per heavy atom. The number of hydrogen-bond acceptors (Lipinski definition) is 12. The first-order valence-corrected chi connectivity index (χ1v) is 18.8. The van der Waals surface area contributed by atoms with Gasteiger partial charge in [0.25, 0.3) is 0 Å². The van der Waals surface area contributed by atoms with Crippen LogP contribution >= 0.6 is 7.60 Å². The van der Waals surface area contributed by atoms with Gasteiger partial charge in [-0.2, -0.15) is 0 Å². The Hall–Kier alpha value is -2.66. The van der Waals surface area contributed by atoms with Gasteiger partial charge in [-0.25, -0.2) is 4.57 Å². The molecule has 16 nitrogen and oxygen atoms in total. The second kappa shape index (κ2) is 27.0. The topological polar surface area (TPSA) is 192 Å². The first kappa shape index (κ1) is 46.4. The van der Waals surface area contributed by atoms with Gasteiger partial charge >= 0.3 is 7.60 Å². The molecule has 0 aromatic heterocycles. The van der Waals surface area contributed by atoms with Crippen LogP contribution in [0, 0.1) is 0 Å². The second-order valence-electron chi connectivity index (χ2n) is 12.6. The molecule has 294 valence electrons. The van der Waals surface area contributed by atoms with Crippen molar-refractivity contribution in [1.82, 2.24) is 20.9 Å². The van der Waals surface area contributed by atoms with Crippen LogP contribution in [0.2, 0.25) is 0 Å². The van der Waals surface area contributed by atoms with Gasteiger partial charge in [0.1, 0.15) is 5.75 Å². The molecule has 0 aliphatic rings. The van der Waals surface area contributed by atoms with Crippen molar-refractivity contribution in [3.05, 3.63) is 29.8 Å². The van der Waals surface area contributed by atoms with E-state index in [-0.39, 0.29) is 57.5 Å². The van der Waals surface area contributed by atoms with E-state index >= 15 is 0 Å². The Morgan fingerprint density at radius 2 is 1.20 bits per heavy atom. The molecule has 4 N–H and O–H groups in total. The molecule has 0 saturated heterocycles. The van der Waals surface area contributed by atoms with Gasteiger partial charge in [-0.3, -0.25) is 19.3 Å². The quantitative estimate of drug-likeness (QED) is 0.0653. The standard InChI is InChI=1S/C34H61N4O12P/c1-34(2,3)51(42,43)50-29-11-9-28(10-12-29)25-30(33(41)37-15-18-49-24-21-46-6)38(27-32(40)36-14-17-48-23-20-45-5)26-31(39)35-13-7-8-16-47-22-19-44-4/h9-12,30H,7-8,13-27H2,1-6H3,(H,35,39)(H,36,40)(H,37,41)(H,42,43). The lowest BCUT2D eigenvalue weighted by Crippen LogP contribution is -2.54. The van der Waals surface area contributed by atoms with Crippen molar-refractivity contribution in [3.8, 4) is 5.75 Å². The summed E-state index contributed by atoms with van der Waals surface area (Å²) in [7, 11) is 0.765. The van der Waals surface area contributed by atoms with Gasteiger partial charge in [0.15, 0.2) is 0 Å². The number of carbonyl (C=O) groups excluding carboxylic acids is 3. The van der Waals surface area contributed by atoms with Gasteiger partial charge in [-0.15, -0.1) is 0 Å². The van der Waals surface area contributed by atoms with Crippen LogP contribution in [0.3, 0.4) is 0 Å².